The minimum Gasteiger partial charge on any atom is -0.469 e. The normalized spacial score (nSPS) is 11.3. The Hall–Kier alpha value is -1.54. The lowest BCUT2D eigenvalue weighted by Crippen LogP contribution is -2.16. The van der Waals surface area contributed by atoms with E-state index in [2.05, 4.69) is 11.7 Å². The van der Waals surface area contributed by atoms with Gasteiger partial charge in [0, 0.05) is 6.42 Å². The van der Waals surface area contributed by atoms with E-state index in [1.54, 1.807) is 0 Å². The molecular formula is C35H68O16. The summed E-state index contributed by atoms with van der Waals surface area (Å²) in [6.45, 7) is 13.6. The lowest BCUT2D eigenvalue weighted by atomic mass is 10.2. The van der Waals surface area contributed by atoms with Crippen molar-refractivity contribution in [3.8, 4) is 0 Å². The van der Waals surface area contributed by atoms with E-state index >= 15 is 0 Å². The summed E-state index contributed by atoms with van der Waals surface area (Å²) in [5.74, 6) is -0.445. The van der Waals surface area contributed by atoms with E-state index in [1.807, 2.05) is 0 Å². The molecule has 0 radical (unpaired) electrons. The summed E-state index contributed by atoms with van der Waals surface area (Å²) in [6.07, 6.45) is 4.98. The second kappa shape index (κ2) is 44.6. The number of unbranched alkanes of at least 4 members (excludes halogenated alkanes) is 3. The van der Waals surface area contributed by atoms with Crippen LogP contribution in [-0.4, -0.2) is 184 Å². The van der Waals surface area contributed by atoms with E-state index in [0.29, 0.717) is 165 Å². The van der Waals surface area contributed by atoms with Crippen LogP contribution in [0.2, 0.25) is 0 Å². The van der Waals surface area contributed by atoms with Gasteiger partial charge in [-0.15, -0.1) is 0 Å². The standard InChI is InChI=1S/C35H68O16/c1-3-4-5-6-7-35(37)51-33-32-50-31-30-49-29-28-48-27-26-47-25-24-46-23-22-45-21-20-44-19-18-43-17-16-42-15-14-41-13-12-40-11-10-39-9-8-34(36)38-2/h3-33H2,1-2H3. The van der Waals surface area contributed by atoms with E-state index in [4.69, 9.17) is 61.6 Å². The maximum absolute atomic E-state index is 11.5. The Morgan fingerprint density at radius 1 is 0.314 bits per heavy atom. The molecule has 0 aromatic carbocycles. The number of hydrogen-bond acceptors (Lipinski definition) is 16. The van der Waals surface area contributed by atoms with Crippen molar-refractivity contribution in [2.75, 3.05) is 172 Å². The first-order chi connectivity index (χ1) is 25.2. The second-order valence-electron chi connectivity index (χ2n) is 10.7. The molecule has 0 aromatic rings. The summed E-state index contributed by atoms with van der Waals surface area (Å²) in [5.41, 5.74) is 0. The number of rotatable bonds is 44. The first kappa shape index (κ1) is 49.5. The van der Waals surface area contributed by atoms with Crippen molar-refractivity contribution in [1.29, 1.82) is 0 Å². The van der Waals surface area contributed by atoms with Crippen molar-refractivity contribution in [1.82, 2.24) is 0 Å². The van der Waals surface area contributed by atoms with Crippen molar-refractivity contribution in [2.24, 2.45) is 0 Å². The zero-order valence-electron chi connectivity index (χ0n) is 31.5. The average molecular weight is 745 g/mol. The van der Waals surface area contributed by atoms with Gasteiger partial charge >= 0.3 is 11.9 Å². The van der Waals surface area contributed by atoms with E-state index in [1.165, 1.54) is 7.11 Å². The topological polar surface area (TPSA) is 163 Å². The van der Waals surface area contributed by atoms with Crippen molar-refractivity contribution < 1.29 is 75.9 Å². The Morgan fingerprint density at radius 2 is 0.588 bits per heavy atom. The highest BCUT2D eigenvalue weighted by molar-refractivity contribution is 5.69. The number of carbonyl (C=O) groups excluding carboxylic acids is 2. The molecule has 0 amide bonds. The maximum atomic E-state index is 11.5. The van der Waals surface area contributed by atoms with Gasteiger partial charge in [-0.05, 0) is 6.42 Å². The van der Waals surface area contributed by atoms with Gasteiger partial charge in [-0.2, -0.15) is 0 Å². The monoisotopic (exact) mass is 744 g/mol. The van der Waals surface area contributed by atoms with Gasteiger partial charge in [-0.3, -0.25) is 9.59 Å². The number of ether oxygens (including phenoxy) is 14. The van der Waals surface area contributed by atoms with Gasteiger partial charge in [0.1, 0.15) is 6.61 Å². The molecule has 0 aliphatic heterocycles. The van der Waals surface area contributed by atoms with Gasteiger partial charge in [0.2, 0.25) is 0 Å². The fourth-order valence-electron chi connectivity index (χ4n) is 3.76. The minimum atomic E-state index is -0.289. The van der Waals surface area contributed by atoms with Crippen LogP contribution in [0.3, 0.4) is 0 Å². The van der Waals surface area contributed by atoms with Crippen molar-refractivity contribution in [3.63, 3.8) is 0 Å². The van der Waals surface area contributed by atoms with Gasteiger partial charge in [-0.1, -0.05) is 26.2 Å². The molecule has 0 aliphatic rings. The van der Waals surface area contributed by atoms with Crippen LogP contribution >= 0.6 is 0 Å². The molecule has 0 unspecified atom stereocenters. The summed E-state index contributed by atoms with van der Waals surface area (Å²) >= 11 is 0. The molecule has 0 rings (SSSR count). The largest absolute Gasteiger partial charge is 0.469 e. The van der Waals surface area contributed by atoms with Crippen LogP contribution in [-0.2, 0) is 75.9 Å². The summed E-state index contributed by atoms with van der Waals surface area (Å²) in [5, 5.41) is 0. The molecule has 0 N–H and O–H groups in total. The summed E-state index contributed by atoms with van der Waals surface area (Å²) < 4.78 is 74.8. The molecule has 0 spiro atoms. The summed E-state index contributed by atoms with van der Waals surface area (Å²) in [6, 6.07) is 0. The third kappa shape index (κ3) is 44.5. The summed E-state index contributed by atoms with van der Waals surface area (Å²) in [7, 11) is 1.35. The Kier molecular flexibility index (Phi) is 43.3. The van der Waals surface area contributed by atoms with Gasteiger partial charge in [0.15, 0.2) is 0 Å². The van der Waals surface area contributed by atoms with Gasteiger partial charge in [0.05, 0.1) is 172 Å². The molecular weight excluding hydrogens is 676 g/mol. The number of carbonyl (C=O) groups is 2. The van der Waals surface area contributed by atoms with Crippen LogP contribution < -0.4 is 0 Å². The van der Waals surface area contributed by atoms with Crippen LogP contribution in [0, 0.1) is 0 Å². The molecule has 16 nitrogen and oxygen atoms in total. The zero-order chi connectivity index (χ0) is 37.0. The first-order valence-corrected chi connectivity index (χ1v) is 18.4. The molecule has 0 fully saturated rings. The van der Waals surface area contributed by atoms with E-state index < -0.39 is 0 Å². The highest BCUT2D eigenvalue weighted by Crippen LogP contribution is 2.03. The van der Waals surface area contributed by atoms with Gasteiger partial charge < -0.3 is 66.3 Å². The zero-order valence-corrected chi connectivity index (χ0v) is 31.5. The van der Waals surface area contributed by atoms with Crippen molar-refractivity contribution in [2.45, 2.75) is 45.4 Å². The fourth-order valence-corrected chi connectivity index (χ4v) is 3.76. The van der Waals surface area contributed by atoms with Crippen LogP contribution in [0.4, 0.5) is 0 Å². The molecule has 0 aliphatic carbocycles. The molecule has 0 bridgehead atoms. The van der Waals surface area contributed by atoms with Crippen LogP contribution in [0.15, 0.2) is 0 Å². The lowest BCUT2D eigenvalue weighted by molar-refractivity contribution is -0.145. The highest BCUT2D eigenvalue weighted by Gasteiger charge is 2.03. The quantitative estimate of drug-likeness (QED) is 0.0659. The maximum Gasteiger partial charge on any atom is 0.307 e. The Labute approximate surface area is 305 Å². The molecule has 304 valence electrons. The van der Waals surface area contributed by atoms with Crippen molar-refractivity contribution >= 4 is 11.9 Å². The predicted molar refractivity (Wildman–Crippen MR) is 186 cm³/mol. The Morgan fingerprint density at radius 3 is 0.863 bits per heavy atom. The summed E-state index contributed by atoms with van der Waals surface area (Å²) in [4.78, 5) is 22.5. The molecule has 0 aromatic heterocycles. The van der Waals surface area contributed by atoms with E-state index in [9.17, 15) is 9.59 Å². The average Bonchev–Trinajstić information content (AvgIpc) is 3.14. The fraction of sp³-hybridized carbons (Fsp3) is 0.943. The minimum absolute atomic E-state index is 0.156. The predicted octanol–water partition coefficient (Wildman–Crippen LogP) is 2.26. The molecule has 0 saturated heterocycles. The van der Waals surface area contributed by atoms with Crippen LogP contribution in [0.5, 0.6) is 0 Å². The molecule has 51 heavy (non-hydrogen) atoms. The highest BCUT2D eigenvalue weighted by atomic mass is 16.6. The van der Waals surface area contributed by atoms with Crippen LogP contribution in [0.25, 0.3) is 0 Å². The Balaban J connectivity index is 3.09. The SMILES string of the molecule is CCCCCCC(=O)OCCOCCOCCOCCOCCOCCOCCOCCOCCOCCOCCOCCOCCC(=O)OC. The van der Waals surface area contributed by atoms with Gasteiger partial charge in [0.25, 0.3) is 0 Å². The smallest absolute Gasteiger partial charge is 0.307 e. The van der Waals surface area contributed by atoms with Gasteiger partial charge in [-0.25, -0.2) is 0 Å². The van der Waals surface area contributed by atoms with E-state index in [-0.39, 0.29) is 25.0 Å². The third-order valence-electron chi connectivity index (χ3n) is 6.50. The molecule has 0 atom stereocenters. The first-order valence-electron chi connectivity index (χ1n) is 18.4. The molecule has 0 saturated carbocycles. The van der Waals surface area contributed by atoms with Crippen LogP contribution in [0.1, 0.15) is 45.4 Å². The van der Waals surface area contributed by atoms with Crippen molar-refractivity contribution in [3.05, 3.63) is 0 Å². The third-order valence-corrected chi connectivity index (χ3v) is 6.50. The number of hydrogen-bond donors (Lipinski definition) is 0. The molecule has 0 heterocycles. The number of methoxy groups -OCH3 is 1. The molecule has 16 heteroatoms. The number of esters is 2. The second-order valence-corrected chi connectivity index (χ2v) is 10.7. The lowest BCUT2D eigenvalue weighted by Gasteiger charge is -2.09. The Bertz CT molecular complexity index is 703. The van der Waals surface area contributed by atoms with E-state index in [0.717, 1.165) is 25.7 Å².